The number of hydrogen-bond donors (Lipinski definition) is 1. The Balaban J connectivity index is 1.46. The average Bonchev–Trinajstić information content (AvgIpc) is 3.11. The van der Waals surface area contributed by atoms with E-state index in [1.165, 1.54) is 45.3 Å². The number of amides is 1. The lowest BCUT2D eigenvalue weighted by molar-refractivity contribution is -0.138. The molecule has 3 heterocycles. The summed E-state index contributed by atoms with van der Waals surface area (Å²) < 4.78 is 0. The minimum absolute atomic E-state index is 0.276. The van der Waals surface area contributed by atoms with Gasteiger partial charge in [0, 0.05) is 19.6 Å². The molecule has 0 aliphatic carbocycles. The van der Waals surface area contributed by atoms with Crippen molar-refractivity contribution in [3.05, 3.63) is 0 Å². The molecule has 4 heteroatoms. The van der Waals surface area contributed by atoms with E-state index in [1.54, 1.807) is 0 Å². The van der Waals surface area contributed by atoms with Crippen LogP contribution in [-0.4, -0.2) is 60.5 Å². The summed E-state index contributed by atoms with van der Waals surface area (Å²) >= 11 is 0. The second kappa shape index (κ2) is 6.02. The van der Waals surface area contributed by atoms with Crippen LogP contribution in [-0.2, 0) is 4.79 Å². The number of likely N-dealkylation sites (tertiary alicyclic amines) is 2. The Labute approximate surface area is 122 Å². The van der Waals surface area contributed by atoms with Gasteiger partial charge >= 0.3 is 0 Å². The molecule has 3 aliphatic heterocycles. The Morgan fingerprint density at radius 2 is 1.85 bits per heavy atom. The molecule has 0 saturated carbocycles. The summed E-state index contributed by atoms with van der Waals surface area (Å²) in [6.07, 6.45) is 7.27. The quantitative estimate of drug-likeness (QED) is 0.849. The molecule has 3 fully saturated rings. The lowest BCUT2D eigenvalue weighted by Gasteiger charge is -2.38. The third-order valence-corrected chi connectivity index (χ3v) is 5.46. The van der Waals surface area contributed by atoms with Crippen molar-refractivity contribution < 1.29 is 4.79 Å². The van der Waals surface area contributed by atoms with Crippen molar-refractivity contribution >= 4 is 5.91 Å². The van der Waals surface area contributed by atoms with Crippen molar-refractivity contribution in [3.63, 3.8) is 0 Å². The zero-order valence-electron chi connectivity index (χ0n) is 12.9. The number of piperidine rings is 1. The standard InChI is InChI=1S/C16H29N3O/c1-16(7-4-8-17-16)15(20)19-11-5-14(6-12-19)13-18-9-2-3-10-18/h14,17H,2-13H2,1H3. The Hall–Kier alpha value is -0.610. The van der Waals surface area contributed by atoms with E-state index in [-0.39, 0.29) is 5.54 Å². The third kappa shape index (κ3) is 3.01. The summed E-state index contributed by atoms with van der Waals surface area (Å²) in [5.74, 6) is 1.15. The van der Waals surface area contributed by atoms with Crippen molar-refractivity contribution in [1.82, 2.24) is 15.1 Å². The van der Waals surface area contributed by atoms with Crippen LogP contribution in [0.25, 0.3) is 0 Å². The van der Waals surface area contributed by atoms with E-state index in [9.17, 15) is 4.79 Å². The second-order valence-electron chi connectivity index (χ2n) is 7.11. The fraction of sp³-hybridized carbons (Fsp3) is 0.938. The Kier molecular flexibility index (Phi) is 4.32. The smallest absolute Gasteiger partial charge is 0.242 e. The maximum absolute atomic E-state index is 12.6. The lowest BCUT2D eigenvalue weighted by atomic mass is 9.92. The first-order valence-corrected chi connectivity index (χ1v) is 8.44. The molecule has 4 nitrogen and oxygen atoms in total. The first-order valence-electron chi connectivity index (χ1n) is 8.44. The number of carbonyl (C=O) groups is 1. The van der Waals surface area contributed by atoms with Crippen molar-refractivity contribution in [1.29, 1.82) is 0 Å². The van der Waals surface area contributed by atoms with Crippen molar-refractivity contribution in [2.75, 3.05) is 39.3 Å². The highest BCUT2D eigenvalue weighted by Gasteiger charge is 2.39. The monoisotopic (exact) mass is 279 g/mol. The number of rotatable bonds is 3. The molecule has 1 amide bonds. The fourth-order valence-electron chi connectivity index (χ4n) is 4.08. The van der Waals surface area contributed by atoms with Gasteiger partial charge in [-0.1, -0.05) is 0 Å². The molecule has 1 atom stereocenters. The Morgan fingerprint density at radius 1 is 1.15 bits per heavy atom. The highest BCUT2D eigenvalue weighted by Crippen LogP contribution is 2.26. The van der Waals surface area contributed by atoms with Crippen LogP contribution in [0.3, 0.4) is 0 Å². The molecule has 0 spiro atoms. The zero-order chi connectivity index (χ0) is 14.0. The van der Waals surface area contributed by atoms with Crippen LogP contribution >= 0.6 is 0 Å². The molecule has 114 valence electrons. The Bertz CT molecular complexity index is 338. The highest BCUT2D eigenvalue weighted by atomic mass is 16.2. The minimum atomic E-state index is -0.276. The molecule has 1 N–H and O–H groups in total. The van der Waals surface area contributed by atoms with Gasteiger partial charge in [-0.3, -0.25) is 4.79 Å². The first kappa shape index (κ1) is 14.3. The van der Waals surface area contributed by atoms with Crippen molar-refractivity contribution in [3.8, 4) is 0 Å². The van der Waals surface area contributed by atoms with Gasteiger partial charge in [0.2, 0.25) is 5.91 Å². The van der Waals surface area contributed by atoms with Gasteiger partial charge in [0.15, 0.2) is 0 Å². The molecule has 1 unspecified atom stereocenters. The molecule has 3 rings (SSSR count). The number of carbonyl (C=O) groups excluding carboxylic acids is 1. The van der Waals surface area contributed by atoms with Crippen LogP contribution in [0.15, 0.2) is 0 Å². The maximum atomic E-state index is 12.6. The van der Waals surface area contributed by atoms with Crippen LogP contribution in [0.5, 0.6) is 0 Å². The summed E-state index contributed by atoms with van der Waals surface area (Å²) in [6.45, 7) is 8.86. The summed E-state index contributed by atoms with van der Waals surface area (Å²) in [5, 5.41) is 3.40. The molecule has 0 aromatic heterocycles. The topological polar surface area (TPSA) is 35.6 Å². The van der Waals surface area contributed by atoms with Gasteiger partial charge in [-0.05, 0) is 71.0 Å². The van der Waals surface area contributed by atoms with Crippen LogP contribution < -0.4 is 5.32 Å². The van der Waals surface area contributed by atoms with Gasteiger partial charge in [-0.2, -0.15) is 0 Å². The summed E-state index contributed by atoms with van der Waals surface area (Å²) in [7, 11) is 0. The SMILES string of the molecule is CC1(C(=O)N2CCC(CN3CCCC3)CC2)CCCN1. The van der Waals surface area contributed by atoms with E-state index >= 15 is 0 Å². The van der Waals surface area contributed by atoms with E-state index < -0.39 is 0 Å². The number of nitrogens with one attached hydrogen (secondary N) is 1. The molecule has 0 aromatic carbocycles. The largest absolute Gasteiger partial charge is 0.341 e. The molecule has 20 heavy (non-hydrogen) atoms. The molecule has 3 aliphatic rings. The van der Waals surface area contributed by atoms with Crippen molar-refractivity contribution in [2.24, 2.45) is 5.92 Å². The fourth-order valence-corrected chi connectivity index (χ4v) is 4.08. The average molecular weight is 279 g/mol. The lowest BCUT2D eigenvalue weighted by Crippen LogP contribution is -2.55. The summed E-state index contributed by atoms with van der Waals surface area (Å²) in [5.41, 5.74) is -0.276. The maximum Gasteiger partial charge on any atom is 0.242 e. The van der Waals surface area contributed by atoms with Gasteiger partial charge < -0.3 is 15.1 Å². The predicted molar refractivity (Wildman–Crippen MR) is 80.6 cm³/mol. The predicted octanol–water partition coefficient (Wildman–Crippen LogP) is 1.46. The molecular weight excluding hydrogens is 250 g/mol. The summed E-state index contributed by atoms with van der Waals surface area (Å²) in [6, 6.07) is 0. The Morgan fingerprint density at radius 3 is 2.45 bits per heavy atom. The van der Waals surface area contributed by atoms with Crippen LogP contribution in [0.2, 0.25) is 0 Å². The number of nitrogens with zero attached hydrogens (tertiary/aromatic N) is 2. The molecular formula is C16H29N3O. The number of hydrogen-bond acceptors (Lipinski definition) is 3. The van der Waals surface area contributed by atoms with E-state index in [2.05, 4.69) is 22.0 Å². The normalized spacial score (nSPS) is 33.0. The molecule has 0 bridgehead atoms. The van der Waals surface area contributed by atoms with Crippen molar-refractivity contribution in [2.45, 2.75) is 51.0 Å². The van der Waals surface area contributed by atoms with Gasteiger partial charge in [0.1, 0.15) is 0 Å². The molecule has 3 saturated heterocycles. The second-order valence-corrected chi connectivity index (χ2v) is 7.11. The van der Waals surface area contributed by atoms with Gasteiger partial charge in [-0.25, -0.2) is 0 Å². The zero-order valence-corrected chi connectivity index (χ0v) is 12.9. The van der Waals surface area contributed by atoms with E-state index in [0.717, 1.165) is 38.4 Å². The van der Waals surface area contributed by atoms with Crippen LogP contribution in [0, 0.1) is 5.92 Å². The molecule has 0 radical (unpaired) electrons. The minimum Gasteiger partial charge on any atom is -0.341 e. The van der Waals surface area contributed by atoms with Gasteiger partial charge in [0.05, 0.1) is 5.54 Å². The van der Waals surface area contributed by atoms with Gasteiger partial charge in [0.25, 0.3) is 0 Å². The van der Waals surface area contributed by atoms with E-state index in [1.807, 2.05) is 0 Å². The first-order chi connectivity index (χ1) is 9.67. The third-order valence-electron chi connectivity index (χ3n) is 5.46. The van der Waals surface area contributed by atoms with E-state index in [4.69, 9.17) is 0 Å². The highest BCUT2D eigenvalue weighted by molar-refractivity contribution is 5.86. The van der Waals surface area contributed by atoms with E-state index in [0.29, 0.717) is 5.91 Å². The van der Waals surface area contributed by atoms with Crippen LogP contribution in [0.1, 0.15) is 45.4 Å². The molecule has 0 aromatic rings. The summed E-state index contributed by atoms with van der Waals surface area (Å²) in [4.78, 5) is 17.3. The van der Waals surface area contributed by atoms with Crippen LogP contribution in [0.4, 0.5) is 0 Å². The van der Waals surface area contributed by atoms with Gasteiger partial charge in [-0.15, -0.1) is 0 Å².